The molecule has 1 aliphatic heterocycles. The highest BCUT2D eigenvalue weighted by molar-refractivity contribution is 5.76. The van der Waals surface area contributed by atoms with Crippen molar-refractivity contribution in [3.05, 3.63) is 29.3 Å². The first kappa shape index (κ1) is 15.3. The van der Waals surface area contributed by atoms with Crippen molar-refractivity contribution in [1.82, 2.24) is 4.90 Å². The number of methoxy groups -OCH3 is 2. The molecule has 1 heterocycles. The maximum atomic E-state index is 11.8. The van der Waals surface area contributed by atoms with Crippen LogP contribution in [0.4, 0.5) is 0 Å². The van der Waals surface area contributed by atoms with Gasteiger partial charge < -0.3 is 14.6 Å². The molecule has 0 aromatic heterocycles. The van der Waals surface area contributed by atoms with Gasteiger partial charge in [0.2, 0.25) is 0 Å². The number of aliphatic hydroxyl groups excluding tert-OH is 1. The van der Waals surface area contributed by atoms with Crippen molar-refractivity contribution in [2.45, 2.75) is 25.1 Å². The summed E-state index contributed by atoms with van der Waals surface area (Å²) in [6.07, 6.45) is -0.202. The smallest absolute Gasteiger partial charge is 0.323 e. The number of likely N-dealkylation sites (tertiary alicyclic amines) is 1. The Morgan fingerprint density at radius 3 is 2.90 bits per heavy atom. The maximum Gasteiger partial charge on any atom is 0.323 e. The van der Waals surface area contributed by atoms with E-state index in [1.54, 1.807) is 25.3 Å². The van der Waals surface area contributed by atoms with Gasteiger partial charge in [0, 0.05) is 25.1 Å². The van der Waals surface area contributed by atoms with E-state index >= 15 is 0 Å². The van der Waals surface area contributed by atoms with Crippen LogP contribution in [0.2, 0.25) is 0 Å². The van der Waals surface area contributed by atoms with Crippen molar-refractivity contribution in [1.29, 1.82) is 5.26 Å². The van der Waals surface area contributed by atoms with Crippen molar-refractivity contribution in [3.8, 4) is 11.8 Å². The number of β-amino-alcohol motifs (C(OH)–C–C–N with tert-alkyl or cyclic N) is 1. The van der Waals surface area contributed by atoms with E-state index in [0.29, 0.717) is 30.8 Å². The highest BCUT2D eigenvalue weighted by Gasteiger charge is 2.36. The van der Waals surface area contributed by atoms with Gasteiger partial charge in [-0.3, -0.25) is 9.69 Å². The Bertz CT molecular complexity index is 567. The second-order valence-corrected chi connectivity index (χ2v) is 5.00. The van der Waals surface area contributed by atoms with Crippen molar-refractivity contribution >= 4 is 5.97 Å². The molecule has 1 N–H and O–H groups in total. The van der Waals surface area contributed by atoms with Gasteiger partial charge >= 0.3 is 5.97 Å². The highest BCUT2D eigenvalue weighted by Crippen LogP contribution is 2.26. The van der Waals surface area contributed by atoms with Crippen molar-refractivity contribution in [2.75, 3.05) is 20.8 Å². The molecule has 1 aromatic carbocycles. The Morgan fingerprint density at radius 2 is 2.29 bits per heavy atom. The number of carbonyl (C=O) groups excluding carboxylic acids is 1. The third kappa shape index (κ3) is 3.32. The molecule has 112 valence electrons. The zero-order valence-electron chi connectivity index (χ0n) is 12.1. The Morgan fingerprint density at radius 1 is 1.52 bits per heavy atom. The molecule has 1 saturated heterocycles. The second-order valence-electron chi connectivity index (χ2n) is 5.00. The predicted octanol–water partition coefficient (Wildman–Crippen LogP) is 0.675. The summed E-state index contributed by atoms with van der Waals surface area (Å²) in [6, 6.07) is 6.75. The van der Waals surface area contributed by atoms with Gasteiger partial charge in [-0.05, 0) is 18.2 Å². The Kier molecular flexibility index (Phi) is 4.78. The van der Waals surface area contributed by atoms with Crippen LogP contribution in [0, 0.1) is 11.3 Å². The lowest BCUT2D eigenvalue weighted by Gasteiger charge is -2.23. The topological polar surface area (TPSA) is 82.8 Å². The first-order valence-electron chi connectivity index (χ1n) is 6.66. The van der Waals surface area contributed by atoms with Crippen LogP contribution in [-0.2, 0) is 16.1 Å². The summed E-state index contributed by atoms with van der Waals surface area (Å²) >= 11 is 0. The summed E-state index contributed by atoms with van der Waals surface area (Å²) < 4.78 is 10.1. The number of esters is 1. The van der Waals surface area contributed by atoms with Crippen LogP contribution < -0.4 is 4.74 Å². The zero-order chi connectivity index (χ0) is 15.4. The SMILES string of the molecule is COC(=O)C1CC(O)CN1Cc1cc(C#N)ccc1OC. The molecule has 0 aliphatic carbocycles. The quantitative estimate of drug-likeness (QED) is 0.821. The molecule has 1 aromatic rings. The van der Waals surface area contributed by atoms with Gasteiger partial charge in [0.05, 0.1) is 32.0 Å². The van der Waals surface area contributed by atoms with Crippen LogP contribution in [0.3, 0.4) is 0 Å². The predicted molar refractivity (Wildman–Crippen MR) is 74.5 cm³/mol. The molecule has 0 radical (unpaired) electrons. The lowest BCUT2D eigenvalue weighted by atomic mass is 10.1. The summed E-state index contributed by atoms with van der Waals surface area (Å²) in [7, 11) is 2.89. The van der Waals surface area contributed by atoms with Gasteiger partial charge in [0.25, 0.3) is 0 Å². The third-order valence-corrected chi connectivity index (χ3v) is 3.64. The van der Waals surface area contributed by atoms with Crippen LogP contribution in [-0.4, -0.2) is 48.9 Å². The molecular formula is C15H18N2O4. The number of hydrogen-bond acceptors (Lipinski definition) is 6. The van der Waals surface area contributed by atoms with Crippen molar-refractivity contribution in [2.24, 2.45) is 0 Å². The molecule has 0 bridgehead atoms. The number of carbonyl (C=O) groups is 1. The third-order valence-electron chi connectivity index (χ3n) is 3.64. The first-order valence-corrected chi connectivity index (χ1v) is 6.66. The molecule has 2 unspecified atom stereocenters. The molecule has 0 spiro atoms. The standard InChI is InChI=1S/C15H18N2O4/c1-20-14-4-3-10(7-16)5-11(14)8-17-9-12(18)6-13(17)15(19)21-2/h3-5,12-13,18H,6,8-9H2,1-2H3. The van der Waals surface area contributed by atoms with E-state index in [0.717, 1.165) is 5.56 Å². The summed E-state index contributed by atoms with van der Waals surface area (Å²) in [5.74, 6) is 0.293. The fourth-order valence-corrected chi connectivity index (χ4v) is 2.63. The summed E-state index contributed by atoms with van der Waals surface area (Å²) in [5, 5.41) is 18.8. The highest BCUT2D eigenvalue weighted by atomic mass is 16.5. The molecule has 2 rings (SSSR count). The van der Waals surface area contributed by atoms with Crippen molar-refractivity contribution < 1.29 is 19.4 Å². The average molecular weight is 290 g/mol. The number of nitrogens with zero attached hydrogens (tertiary/aromatic N) is 2. The van der Waals surface area contributed by atoms with Gasteiger partial charge in [-0.25, -0.2) is 0 Å². The number of ether oxygens (including phenoxy) is 2. The number of nitriles is 1. The minimum atomic E-state index is -0.556. The second kappa shape index (κ2) is 6.57. The number of aliphatic hydroxyl groups is 1. The summed E-state index contributed by atoms with van der Waals surface area (Å²) in [5.41, 5.74) is 1.33. The lowest BCUT2D eigenvalue weighted by Crippen LogP contribution is -2.36. The molecule has 1 aliphatic rings. The van der Waals surface area contributed by atoms with E-state index in [9.17, 15) is 9.90 Å². The van der Waals surface area contributed by atoms with Gasteiger partial charge in [-0.15, -0.1) is 0 Å². The first-order chi connectivity index (χ1) is 10.1. The maximum absolute atomic E-state index is 11.8. The molecule has 6 heteroatoms. The van der Waals surface area contributed by atoms with Crippen LogP contribution >= 0.6 is 0 Å². The molecule has 6 nitrogen and oxygen atoms in total. The van der Waals surface area contributed by atoms with E-state index < -0.39 is 12.1 Å². The fourth-order valence-electron chi connectivity index (χ4n) is 2.63. The van der Waals surface area contributed by atoms with Gasteiger partial charge in [0.1, 0.15) is 11.8 Å². The normalized spacial score (nSPS) is 21.8. The van der Waals surface area contributed by atoms with Crippen LogP contribution in [0.1, 0.15) is 17.5 Å². The van der Waals surface area contributed by atoms with E-state index in [1.807, 2.05) is 4.90 Å². The number of hydrogen-bond donors (Lipinski definition) is 1. The molecular weight excluding hydrogens is 272 g/mol. The molecule has 2 atom stereocenters. The van der Waals surface area contributed by atoms with E-state index in [1.165, 1.54) is 7.11 Å². The zero-order valence-corrected chi connectivity index (χ0v) is 12.1. The largest absolute Gasteiger partial charge is 0.496 e. The lowest BCUT2D eigenvalue weighted by molar-refractivity contribution is -0.146. The van der Waals surface area contributed by atoms with Crippen LogP contribution in [0.15, 0.2) is 18.2 Å². The summed E-state index contributed by atoms with van der Waals surface area (Å²) in [6.45, 7) is 0.801. The Labute approximate surface area is 123 Å². The molecule has 1 fully saturated rings. The summed E-state index contributed by atoms with van der Waals surface area (Å²) in [4.78, 5) is 13.6. The number of benzene rings is 1. The minimum Gasteiger partial charge on any atom is -0.496 e. The Hall–Kier alpha value is -2.10. The van der Waals surface area contributed by atoms with Crippen LogP contribution in [0.25, 0.3) is 0 Å². The minimum absolute atomic E-state index is 0.354. The monoisotopic (exact) mass is 290 g/mol. The van der Waals surface area contributed by atoms with E-state index in [4.69, 9.17) is 14.7 Å². The van der Waals surface area contributed by atoms with E-state index in [2.05, 4.69) is 6.07 Å². The van der Waals surface area contributed by atoms with Gasteiger partial charge in [-0.2, -0.15) is 5.26 Å². The number of rotatable bonds is 4. The fraction of sp³-hybridized carbons (Fsp3) is 0.467. The van der Waals surface area contributed by atoms with Gasteiger partial charge in [0.15, 0.2) is 0 Å². The molecule has 0 amide bonds. The van der Waals surface area contributed by atoms with Crippen LogP contribution in [0.5, 0.6) is 5.75 Å². The average Bonchev–Trinajstić information content (AvgIpc) is 2.87. The Balaban J connectivity index is 2.24. The molecule has 21 heavy (non-hydrogen) atoms. The molecule has 0 saturated carbocycles. The van der Waals surface area contributed by atoms with E-state index in [-0.39, 0.29) is 5.97 Å². The van der Waals surface area contributed by atoms with Crippen molar-refractivity contribution in [3.63, 3.8) is 0 Å². The van der Waals surface area contributed by atoms with Gasteiger partial charge in [-0.1, -0.05) is 0 Å².